The number of nitrogens with one attached hydrogen (secondary N) is 1. The second-order valence-corrected chi connectivity index (χ2v) is 7.36. The number of nitrogens with zero attached hydrogens (tertiary/aromatic N) is 4. The minimum Gasteiger partial charge on any atom is -0.368 e. The van der Waals surface area contributed by atoms with Gasteiger partial charge in [0.25, 0.3) is 0 Å². The van der Waals surface area contributed by atoms with E-state index in [0.717, 1.165) is 36.2 Å². The summed E-state index contributed by atoms with van der Waals surface area (Å²) in [5.41, 5.74) is 13.4. The number of hydrogen-bond donors (Lipinski definition) is 2. The normalized spacial score (nSPS) is 20.9. The summed E-state index contributed by atoms with van der Waals surface area (Å²) < 4.78 is 0. The molecule has 0 fully saturated rings. The van der Waals surface area contributed by atoms with Gasteiger partial charge in [-0.05, 0) is 23.6 Å². The van der Waals surface area contributed by atoms with Crippen LogP contribution in [-0.4, -0.2) is 27.3 Å². The summed E-state index contributed by atoms with van der Waals surface area (Å²) in [7, 11) is 0. The number of aromatic nitrogens is 2. The topological polar surface area (TPSA) is 70.3 Å². The van der Waals surface area contributed by atoms with Gasteiger partial charge in [0, 0.05) is 24.1 Å². The Morgan fingerprint density at radius 1 is 1.29 bits per heavy atom. The molecule has 3 aliphatic heterocycles. The predicted molar refractivity (Wildman–Crippen MR) is 96.0 cm³/mol. The monoisotopic (exact) mass is 338 g/mol. The van der Waals surface area contributed by atoms with Crippen LogP contribution in [0.5, 0.6) is 0 Å². The fourth-order valence-electron chi connectivity index (χ4n) is 3.56. The molecule has 5 rings (SSSR count). The number of fused-ring (bicyclic) bond motifs is 1. The highest BCUT2D eigenvalue weighted by Crippen LogP contribution is 2.44. The molecule has 3 N–H and O–H groups in total. The molecule has 7 heteroatoms. The van der Waals surface area contributed by atoms with Crippen LogP contribution in [0.3, 0.4) is 0 Å². The number of anilines is 2. The maximum absolute atomic E-state index is 5.92. The Labute approximate surface area is 144 Å². The molecule has 0 spiro atoms. The lowest BCUT2D eigenvalue weighted by Crippen LogP contribution is -2.42. The van der Waals surface area contributed by atoms with E-state index in [1.165, 1.54) is 16.7 Å². The van der Waals surface area contributed by atoms with E-state index in [4.69, 9.17) is 5.73 Å². The highest BCUT2D eigenvalue weighted by Gasteiger charge is 2.36. The van der Waals surface area contributed by atoms with Crippen LogP contribution < -0.4 is 16.2 Å². The summed E-state index contributed by atoms with van der Waals surface area (Å²) in [5.74, 6) is 2.35. The fourth-order valence-corrected chi connectivity index (χ4v) is 4.65. The van der Waals surface area contributed by atoms with Crippen molar-refractivity contribution < 1.29 is 0 Å². The van der Waals surface area contributed by atoms with Crippen LogP contribution in [0.1, 0.15) is 29.2 Å². The van der Waals surface area contributed by atoms with Crippen molar-refractivity contribution in [1.29, 1.82) is 0 Å². The van der Waals surface area contributed by atoms with Crippen molar-refractivity contribution in [3.05, 3.63) is 47.2 Å². The Hall–Kier alpha value is -2.25. The third-order valence-corrected chi connectivity index (χ3v) is 5.71. The summed E-state index contributed by atoms with van der Waals surface area (Å²) in [5, 5.41) is 3.15. The minimum atomic E-state index is 0.304. The molecule has 4 heterocycles. The number of hydrogen-bond acceptors (Lipinski definition) is 7. The smallest absolute Gasteiger partial charge is 0.223 e. The Balaban J connectivity index is 1.43. The summed E-state index contributed by atoms with van der Waals surface area (Å²) in [6, 6.07) is 8.81. The van der Waals surface area contributed by atoms with Gasteiger partial charge in [0.1, 0.15) is 11.7 Å². The molecule has 0 saturated carbocycles. The standard InChI is InChI=1S/C17H18N6S/c18-17-19-15-14-13(6-8-24-16(14)20-17)21-23(15)10-22-7-5-11-3-1-2-4-12(11)9-22/h1-5,7,13,21H,6,8-10H2,(H2,18,19,20). The Kier molecular flexibility index (Phi) is 3.17. The van der Waals surface area contributed by atoms with E-state index in [0.29, 0.717) is 12.0 Å². The molecule has 3 aliphatic rings. The van der Waals surface area contributed by atoms with Gasteiger partial charge in [0.15, 0.2) is 5.82 Å². The van der Waals surface area contributed by atoms with Crippen molar-refractivity contribution >= 4 is 29.6 Å². The van der Waals surface area contributed by atoms with Gasteiger partial charge < -0.3 is 10.6 Å². The van der Waals surface area contributed by atoms with Gasteiger partial charge in [0.05, 0.1) is 6.04 Å². The van der Waals surface area contributed by atoms with E-state index in [9.17, 15) is 0 Å². The molecule has 2 aromatic rings. The van der Waals surface area contributed by atoms with E-state index in [2.05, 4.69) is 61.8 Å². The van der Waals surface area contributed by atoms with E-state index in [1.54, 1.807) is 11.8 Å². The molecular weight excluding hydrogens is 320 g/mol. The molecule has 0 bridgehead atoms. The largest absolute Gasteiger partial charge is 0.368 e. The van der Waals surface area contributed by atoms with Crippen molar-refractivity contribution in [3.8, 4) is 0 Å². The quantitative estimate of drug-likeness (QED) is 0.815. The van der Waals surface area contributed by atoms with Gasteiger partial charge >= 0.3 is 0 Å². The first-order valence-electron chi connectivity index (χ1n) is 8.12. The van der Waals surface area contributed by atoms with Gasteiger partial charge in [0.2, 0.25) is 5.95 Å². The van der Waals surface area contributed by atoms with Crippen LogP contribution in [0.25, 0.3) is 6.08 Å². The Bertz CT molecular complexity index is 836. The number of nitrogen functional groups attached to an aromatic ring is 1. The zero-order chi connectivity index (χ0) is 16.1. The third kappa shape index (κ3) is 2.23. The molecule has 0 radical (unpaired) electrons. The van der Waals surface area contributed by atoms with Crippen LogP contribution in [0.4, 0.5) is 11.8 Å². The van der Waals surface area contributed by atoms with Crippen LogP contribution in [0, 0.1) is 0 Å². The highest BCUT2D eigenvalue weighted by molar-refractivity contribution is 7.99. The molecule has 1 aromatic heterocycles. The molecule has 1 unspecified atom stereocenters. The highest BCUT2D eigenvalue weighted by atomic mass is 32.2. The number of nitrogens with two attached hydrogens (primary N) is 1. The van der Waals surface area contributed by atoms with Crippen molar-refractivity contribution in [2.24, 2.45) is 0 Å². The minimum absolute atomic E-state index is 0.304. The average molecular weight is 338 g/mol. The average Bonchev–Trinajstić information content (AvgIpc) is 2.93. The predicted octanol–water partition coefficient (Wildman–Crippen LogP) is 2.36. The lowest BCUT2D eigenvalue weighted by Gasteiger charge is -2.30. The van der Waals surface area contributed by atoms with E-state index < -0.39 is 0 Å². The van der Waals surface area contributed by atoms with E-state index in [1.807, 2.05) is 0 Å². The van der Waals surface area contributed by atoms with Crippen LogP contribution in [0.15, 0.2) is 35.5 Å². The molecule has 0 aliphatic carbocycles. The van der Waals surface area contributed by atoms with Crippen molar-refractivity contribution in [1.82, 2.24) is 20.3 Å². The number of hydrazine groups is 1. The SMILES string of the molecule is Nc1nc2c3c(n1)N(CN1C=Cc4ccccc4C1)NC3CCS2. The molecule has 1 atom stereocenters. The van der Waals surface area contributed by atoms with Gasteiger partial charge in [-0.1, -0.05) is 24.3 Å². The van der Waals surface area contributed by atoms with Crippen molar-refractivity contribution in [3.63, 3.8) is 0 Å². The van der Waals surface area contributed by atoms with Gasteiger partial charge in [-0.2, -0.15) is 4.98 Å². The second-order valence-electron chi connectivity index (χ2n) is 6.27. The number of thioether (sulfide) groups is 1. The summed E-state index contributed by atoms with van der Waals surface area (Å²) in [6.45, 7) is 1.63. The van der Waals surface area contributed by atoms with Crippen LogP contribution in [0.2, 0.25) is 0 Å². The lowest BCUT2D eigenvalue weighted by molar-refractivity contribution is 0.339. The van der Waals surface area contributed by atoms with Crippen LogP contribution in [-0.2, 0) is 6.54 Å². The Morgan fingerprint density at radius 2 is 2.21 bits per heavy atom. The van der Waals surface area contributed by atoms with Gasteiger partial charge in [-0.3, -0.25) is 5.01 Å². The maximum atomic E-state index is 5.92. The van der Waals surface area contributed by atoms with E-state index in [-0.39, 0.29) is 0 Å². The first-order chi connectivity index (χ1) is 11.8. The molecule has 24 heavy (non-hydrogen) atoms. The summed E-state index contributed by atoms with van der Waals surface area (Å²) in [4.78, 5) is 11.2. The maximum Gasteiger partial charge on any atom is 0.223 e. The van der Waals surface area contributed by atoms with Gasteiger partial charge in [-0.25, -0.2) is 10.4 Å². The molecule has 1 aromatic carbocycles. The van der Waals surface area contributed by atoms with Crippen LogP contribution >= 0.6 is 11.8 Å². The first-order valence-corrected chi connectivity index (χ1v) is 9.10. The molecule has 6 nitrogen and oxygen atoms in total. The number of benzene rings is 1. The zero-order valence-electron chi connectivity index (χ0n) is 13.1. The molecule has 122 valence electrons. The zero-order valence-corrected chi connectivity index (χ0v) is 14.0. The van der Waals surface area contributed by atoms with E-state index >= 15 is 0 Å². The third-order valence-electron chi connectivity index (χ3n) is 4.69. The summed E-state index contributed by atoms with van der Waals surface area (Å²) >= 11 is 1.77. The lowest BCUT2D eigenvalue weighted by atomic mass is 10.0. The second kappa shape index (κ2) is 5.39. The molecular formula is C17H18N6S. The molecule has 0 amide bonds. The Morgan fingerprint density at radius 3 is 3.17 bits per heavy atom. The number of rotatable bonds is 2. The van der Waals surface area contributed by atoms with Gasteiger partial charge in [-0.15, -0.1) is 11.8 Å². The van der Waals surface area contributed by atoms with Crippen molar-refractivity contribution in [2.45, 2.75) is 24.0 Å². The molecule has 0 saturated heterocycles. The fraction of sp³-hybridized carbons (Fsp3) is 0.294. The first kappa shape index (κ1) is 14.1. The van der Waals surface area contributed by atoms with Crippen molar-refractivity contribution in [2.75, 3.05) is 23.2 Å². The summed E-state index contributed by atoms with van der Waals surface area (Å²) in [6.07, 6.45) is 5.41.